The third kappa shape index (κ3) is 2.36. The Morgan fingerprint density at radius 2 is 2.27 bits per heavy atom. The smallest absolute Gasteiger partial charge is 0.124 e. The number of hydrogen-bond acceptors (Lipinski definition) is 2. The Kier molecular flexibility index (Phi) is 3.07. The summed E-state index contributed by atoms with van der Waals surface area (Å²) in [6.45, 7) is 8.02. The Morgan fingerprint density at radius 1 is 1.53 bits per heavy atom. The molecule has 3 nitrogen and oxygen atoms in total. The van der Waals surface area contributed by atoms with Crippen LogP contribution in [0.4, 0.5) is 0 Å². The first-order chi connectivity index (χ1) is 6.98. The third-order valence-electron chi connectivity index (χ3n) is 2.99. The number of halogens is 1. The molecule has 2 heterocycles. The van der Waals surface area contributed by atoms with Crippen LogP contribution in [0.5, 0.6) is 0 Å². The van der Waals surface area contributed by atoms with E-state index in [4.69, 9.17) is 0 Å². The number of aromatic amines is 1. The SMILES string of the molecule is CC(C)(C)N1CCCC1c1ncc(I)[nH]1. The highest BCUT2D eigenvalue weighted by Gasteiger charge is 2.35. The van der Waals surface area contributed by atoms with Crippen LogP contribution in [-0.4, -0.2) is 27.0 Å². The van der Waals surface area contributed by atoms with Crippen LogP contribution in [0.3, 0.4) is 0 Å². The molecule has 1 N–H and O–H groups in total. The fourth-order valence-electron chi connectivity index (χ4n) is 2.34. The highest BCUT2D eigenvalue weighted by Crippen LogP contribution is 2.35. The summed E-state index contributed by atoms with van der Waals surface area (Å²) in [4.78, 5) is 10.4. The van der Waals surface area contributed by atoms with Gasteiger partial charge in [0.2, 0.25) is 0 Å². The number of aromatic nitrogens is 2. The number of nitrogens with one attached hydrogen (secondary N) is 1. The summed E-state index contributed by atoms with van der Waals surface area (Å²) in [5.74, 6) is 1.13. The van der Waals surface area contributed by atoms with Crippen LogP contribution in [0, 0.1) is 3.70 Å². The predicted molar refractivity (Wildman–Crippen MR) is 69.7 cm³/mol. The van der Waals surface area contributed by atoms with Gasteiger partial charge in [-0.1, -0.05) is 0 Å². The van der Waals surface area contributed by atoms with Crippen molar-refractivity contribution in [1.29, 1.82) is 0 Å². The Balaban J connectivity index is 2.22. The Bertz CT molecular complexity index is 340. The van der Waals surface area contributed by atoms with E-state index >= 15 is 0 Å². The van der Waals surface area contributed by atoms with Gasteiger partial charge in [0.1, 0.15) is 5.82 Å². The molecule has 84 valence electrons. The molecule has 1 atom stereocenters. The normalized spacial score (nSPS) is 23.6. The van der Waals surface area contributed by atoms with Crippen molar-refractivity contribution in [3.8, 4) is 0 Å². The molecule has 1 aliphatic heterocycles. The first-order valence-corrected chi connectivity index (χ1v) is 6.53. The molecular weight excluding hydrogens is 301 g/mol. The van der Waals surface area contributed by atoms with Gasteiger partial charge < -0.3 is 4.98 Å². The molecule has 1 fully saturated rings. The van der Waals surface area contributed by atoms with Crippen molar-refractivity contribution in [3.05, 3.63) is 15.7 Å². The highest BCUT2D eigenvalue weighted by atomic mass is 127. The van der Waals surface area contributed by atoms with Gasteiger partial charge in [-0.2, -0.15) is 0 Å². The number of hydrogen-bond donors (Lipinski definition) is 1. The molecule has 15 heavy (non-hydrogen) atoms. The van der Waals surface area contributed by atoms with Crippen molar-refractivity contribution in [2.45, 2.75) is 45.2 Å². The second-order valence-electron chi connectivity index (χ2n) is 5.14. The largest absolute Gasteiger partial charge is 0.336 e. The third-order valence-corrected chi connectivity index (χ3v) is 3.54. The van der Waals surface area contributed by atoms with Gasteiger partial charge in [0, 0.05) is 5.54 Å². The zero-order valence-electron chi connectivity index (χ0n) is 9.55. The van der Waals surface area contributed by atoms with Gasteiger partial charge in [0.15, 0.2) is 0 Å². The van der Waals surface area contributed by atoms with E-state index in [-0.39, 0.29) is 5.54 Å². The minimum absolute atomic E-state index is 0.236. The van der Waals surface area contributed by atoms with Crippen molar-refractivity contribution >= 4 is 22.6 Å². The summed E-state index contributed by atoms with van der Waals surface area (Å²) < 4.78 is 1.13. The molecule has 0 saturated carbocycles. The predicted octanol–water partition coefficient (Wildman–Crippen LogP) is 2.95. The van der Waals surface area contributed by atoms with E-state index in [9.17, 15) is 0 Å². The highest BCUT2D eigenvalue weighted by molar-refractivity contribution is 14.1. The van der Waals surface area contributed by atoms with Crippen LogP contribution in [0.2, 0.25) is 0 Å². The second kappa shape index (κ2) is 4.05. The lowest BCUT2D eigenvalue weighted by Gasteiger charge is -2.36. The number of H-pyrrole nitrogens is 1. The number of imidazole rings is 1. The fraction of sp³-hybridized carbons (Fsp3) is 0.727. The van der Waals surface area contributed by atoms with E-state index in [0.717, 1.165) is 9.53 Å². The van der Waals surface area contributed by atoms with Crippen LogP contribution in [0.25, 0.3) is 0 Å². The van der Waals surface area contributed by atoms with Crippen LogP contribution < -0.4 is 0 Å². The molecular formula is C11H18IN3. The lowest BCUT2D eigenvalue weighted by molar-refractivity contribution is 0.117. The molecule has 0 amide bonds. The Morgan fingerprint density at radius 3 is 2.80 bits per heavy atom. The monoisotopic (exact) mass is 319 g/mol. The topological polar surface area (TPSA) is 31.9 Å². The number of nitrogens with zero attached hydrogens (tertiary/aromatic N) is 2. The standard InChI is InChI=1S/C11H18IN3/c1-11(2,3)15-6-4-5-8(15)10-13-7-9(12)14-10/h7-8H,4-6H2,1-3H3,(H,13,14). The first kappa shape index (κ1) is 11.4. The van der Waals surface area contributed by atoms with Crippen molar-refractivity contribution in [3.63, 3.8) is 0 Å². The van der Waals surface area contributed by atoms with Gasteiger partial charge >= 0.3 is 0 Å². The van der Waals surface area contributed by atoms with E-state index in [1.54, 1.807) is 0 Å². The van der Waals surface area contributed by atoms with Gasteiger partial charge in [-0.25, -0.2) is 4.98 Å². The van der Waals surface area contributed by atoms with E-state index in [2.05, 4.69) is 58.2 Å². The van der Waals surface area contributed by atoms with Crippen LogP contribution in [-0.2, 0) is 0 Å². The van der Waals surface area contributed by atoms with Gasteiger partial charge in [0.05, 0.1) is 15.9 Å². The van der Waals surface area contributed by atoms with E-state index in [0.29, 0.717) is 6.04 Å². The van der Waals surface area contributed by atoms with E-state index in [1.807, 2.05) is 6.20 Å². The van der Waals surface area contributed by atoms with Crippen molar-refractivity contribution in [1.82, 2.24) is 14.9 Å². The summed E-state index contributed by atoms with van der Waals surface area (Å²) in [7, 11) is 0. The van der Waals surface area contributed by atoms with Crippen LogP contribution in [0.1, 0.15) is 45.5 Å². The van der Waals surface area contributed by atoms with Crippen molar-refractivity contribution in [2.75, 3.05) is 6.54 Å². The van der Waals surface area contributed by atoms with E-state index in [1.165, 1.54) is 19.4 Å². The lowest BCUT2D eigenvalue weighted by Crippen LogP contribution is -2.40. The van der Waals surface area contributed by atoms with Crippen molar-refractivity contribution in [2.24, 2.45) is 0 Å². The average Bonchev–Trinajstić information content (AvgIpc) is 2.68. The van der Waals surface area contributed by atoms with Crippen LogP contribution >= 0.6 is 22.6 Å². The van der Waals surface area contributed by atoms with Crippen LogP contribution in [0.15, 0.2) is 6.20 Å². The molecule has 1 unspecified atom stereocenters. The lowest BCUT2D eigenvalue weighted by atomic mass is 10.0. The molecule has 1 aromatic heterocycles. The van der Waals surface area contributed by atoms with Crippen molar-refractivity contribution < 1.29 is 0 Å². The van der Waals surface area contributed by atoms with E-state index < -0.39 is 0 Å². The summed E-state index contributed by atoms with van der Waals surface area (Å²) >= 11 is 2.28. The van der Waals surface area contributed by atoms with Gasteiger partial charge in [-0.05, 0) is 62.7 Å². The maximum absolute atomic E-state index is 4.46. The summed E-state index contributed by atoms with van der Waals surface area (Å²) in [6, 6.07) is 0.480. The molecule has 1 saturated heterocycles. The minimum atomic E-state index is 0.236. The maximum Gasteiger partial charge on any atom is 0.124 e. The van der Waals surface area contributed by atoms with Gasteiger partial charge in [-0.3, -0.25) is 4.90 Å². The zero-order valence-corrected chi connectivity index (χ0v) is 11.7. The molecule has 0 aliphatic carbocycles. The quantitative estimate of drug-likeness (QED) is 0.807. The number of likely N-dealkylation sites (tertiary alicyclic amines) is 1. The molecule has 2 rings (SSSR count). The summed E-state index contributed by atoms with van der Waals surface area (Å²) in [5.41, 5.74) is 0.236. The fourth-order valence-corrected chi connectivity index (χ4v) is 2.75. The maximum atomic E-state index is 4.46. The molecule has 4 heteroatoms. The molecule has 1 aromatic rings. The molecule has 0 radical (unpaired) electrons. The Hall–Kier alpha value is -0.100. The molecule has 1 aliphatic rings. The first-order valence-electron chi connectivity index (χ1n) is 5.45. The average molecular weight is 319 g/mol. The molecule has 0 aromatic carbocycles. The Labute approximate surface area is 105 Å². The summed E-state index contributed by atoms with van der Waals surface area (Å²) in [5, 5.41) is 0. The second-order valence-corrected chi connectivity index (χ2v) is 6.30. The summed E-state index contributed by atoms with van der Waals surface area (Å²) in [6.07, 6.45) is 4.41. The molecule has 0 spiro atoms. The number of rotatable bonds is 1. The van der Waals surface area contributed by atoms with Gasteiger partial charge in [0.25, 0.3) is 0 Å². The molecule has 0 bridgehead atoms. The minimum Gasteiger partial charge on any atom is -0.336 e. The van der Waals surface area contributed by atoms with Gasteiger partial charge in [-0.15, -0.1) is 0 Å². The zero-order chi connectivity index (χ0) is 11.1.